The van der Waals surface area contributed by atoms with E-state index in [1.807, 2.05) is 24.3 Å². The first-order valence-corrected chi connectivity index (χ1v) is 5.48. The Morgan fingerprint density at radius 3 is 3.19 bits per heavy atom. The van der Waals surface area contributed by atoms with Gasteiger partial charge in [-0.1, -0.05) is 18.2 Å². The minimum atomic E-state index is 0.0277. The number of hydrogen-bond acceptors (Lipinski definition) is 4. The summed E-state index contributed by atoms with van der Waals surface area (Å²) in [6, 6.07) is 7.92. The van der Waals surface area contributed by atoms with Crippen molar-refractivity contribution in [1.82, 2.24) is 20.2 Å². The Kier molecular flexibility index (Phi) is 2.25. The van der Waals surface area contributed by atoms with E-state index >= 15 is 0 Å². The summed E-state index contributed by atoms with van der Waals surface area (Å²) in [7, 11) is 0. The first-order chi connectivity index (χ1) is 7.90. The fourth-order valence-electron chi connectivity index (χ4n) is 1.89. The van der Waals surface area contributed by atoms with Crippen LogP contribution in [0.3, 0.4) is 0 Å². The summed E-state index contributed by atoms with van der Waals surface area (Å²) < 4.78 is 7.30. The van der Waals surface area contributed by atoms with Crippen LogP contribution in [0.5, 0.6) is 5.75 Å². The highest BCUT2D eigenvalue weighted by Crippen LogP contribution is 2.34. The summed E-state index contributed by atoms with van der Waals surface area (Å²) in [6.07, 6.45) is 0. The van der Waals surface area contributed by atoms with E-state index in [1.165, 1.54) is 0 Å². The maximum Gasteiger partial charge on any atom is 0.166 e. The average Bonchev–Trinajstić information content (AvgIpc) is 2.94. The third kappa shape index (κ3) is 1.36. The number of fused-ring (bicyclic) bond motifs is 1. The molecule has 2 aromatic rings. The zero-order valence-electron chi connectivity index (χ0n) is 8.38. The van der Waals surface area contributed by atoms with E-state index < -0.39 is 0 Å². The van der Waals surface area contributed by atoms with Crippen LogP contribution in [0.2, 0.25) is 0 Å². The van der Waals surface area contributed by atoms with Crippen LogP contribution >= 0.6 is 11.6 Å². The van der Waals surface area contributed by atoms with Gasteiger partial charge in [-0.3, -0.25) is 0 Å². The van der Waals surface area contributed by atoms with Crippen molar-refractivity contribution >= 4 is 11.6 Å². The lowest BCUT2D eigenvalue weighted by Crippen LogP contribution is -2.16. The summed E-state index contributed by atoms with van der Waals surface area (Å²) in [6.45, 7) is 0.550. The average molecular weight is 237 g/mol. The van der Waals surface area contributed by atoms with E-state index in [4.69, 9.17) is 16.3 Å². The summed E-state index contributed by atoms with van der Waals surface area (Å²) in [5.74, 6) is 1.85. The maximum atomic E-state index is 5.77. The third-order valence-corrected chi connectivity index (χ3v) is 2.89. The molecule has 1 aliphatic rings. The second-order valence-corrected chi connectivity index (χ2v) is 3.81. The van der Waals surface area contributed by atoms with Crippen molar-refractivity contribution in [3.8, 4) is 5.75 Å². The highest BCUT2D eigenvalue weighted by atomic mass is 35.5. The normalized spacial score (nSPS) is 18.2. The van der Waals surface area contributed by atoms with E-state index in [2.05, 4.69) is 15.5 Å². The molecule has 1 unspecified atom stereocenters. The zero-order valence-corrected chi connectivity index (χ0v) is 9.13. The number of tetrazole rings is 1. The van der Waals surface area contributed by atoms with Crippen LogP contribution in [0.25, 0.3) is 0 Å². The van der Waals surface area contributed by atoms with Gasteiger partial charge in [0, 0.05) is 5.56 Å². The van der Waals surface area contributed by atoms with Crippen molar-refractivity contribution < 1.29 is 4.74 Å². The molecule has 0 aliphatic carbocycles. The number of benzene rings is 1. The number of hydrogen-bond donors (Lipinski definition) is 0. The Morgan fingerprint density at radius 2 is 2.31 bits per heavy atom. The number of nitrogens with zero attached hydrogens (tertiary/aromatic N) is 4. The summed E-state index contributed by atoms with van der Waals surface area (Å²) in [5.41, 5.74) is 1.10. The van der Waals surface area contributed by atoms with Crippen molar-refractivity contribution in [2.24, 2.45) is 0 Å². The van der Waals surface area contributed by atoms with Crippen LogP contribution in [0.4, 0.5) is 0 Å². The zero-order chi connectivity index (χ0) is 11.0. The molecule has 2 heterocycles. The molecule has 1 aromatic heterocycles. The van der Waals surface area contributed by atoms with Crippen molar-refractivity contribution in [2.75, 3.05) is 6.61 Å². The number of alkyl halides is 1. The van der Waals surface area contributed by atoms with Crippen molar-refractivity contribution in [1.29, 1.82) is 0 Å². The van der Waals surface area contributed by atoms with Gasteiger partial charge in [0.05, 0.1) is 5.88 Å². The molecule has 0 spiro atoms. The molecular weight excluding hydrogens is 228 g/mol. The molecule has 0 radical (unpaired) electrons. The monoisotopic (exact) mass is 236 g/mol. The fraction of sp³-hybridized carbons (Fsp3) is 0.300. The van der Waals surface area contributed by atoms with E-state index in [1.54, 1.807) is 4.68 Å². The molecular formula is C10H9ClN4O. The fourth-order valence-corrected chi connectivity index (χ4v) is 2.07. The van der Waals surface area contributed by atoms with Gasteiger partial charge in [0.25, 0.3) is 0 Å². The molecule has 0 saturated heterocycles. The van der Waals surface area contributed by atoms with E-state index in [-0.39, 0.29) is 6.04 Å². The van der Waals surface area contributed by atoms with Gasteiger partial charge in [-0.15, -0.1) is 16.7 Å². The second kappa shape index (κ2) is 3.75. The summed E-state index contributed by atoms with van der Waals surface area (Å²) >= 11 is 5.77. The Bertz CT molecular complexity index is 513. The lowest BCUT2D eigenvalue weighted by Gasteiger charge is -2.09. The number of halogens is 1. The molecule has 0 saturated carbocycles. The molecule has 0 amide bonds. The lowest BCUT2D eigenvalue weighted by atomic mass is 10.1. The first kappa shape index (κ1) is 9.59. The Hall–Kier alpha value is -1.62. The van der Waals surface area contributed by atoms with Gasteiger partial charge in [0.1, 0.15) is 18.4 Å². The quantitative estimate of drug-likeness (QED) is 0.740. The predicted octanol–water partition coefficient (Wildman–Crippen LogP) is 1.39. The molecule has 0 bridgehead atoms. The highest BCUT2D eigenvalue weighted by molar-refractivity contribution is 6.16. The molecule has 1 aromatic carbocycles. The number of aromatic nitrogens is 4. The van der Waals surface area contributed by atoms with Gasteiger partial charge >= 0.3 is 0 Å². The molecule has 82 valence electrons. The summed E-state index contributed by atoms with van der Waals surface area (Å²) in [4.78, 5) is 0. The standard InChI is InChI=1S/C10H9ClN4O/c11-5-10-12-13-14-15(10)8-6-16-9-4-2-1-3-7(8)9/h1-4,8H,5-6H2. The van der Waals surface area contributed by atoms with Crippen LogP contribution in [0.1, 0.15) is 17.4 Å². The predicted molar refractivity (Wildman–Crippen MR) is 57.5 cm³/mol. The second-order valence-electron chi connectivity index (χ2n) is 3.54. The number of para-hydroxylation sites is 1. The van der Waals surface area contributed by atoms with Gasteiger partial charge in [0.2, 0.25) is 0 Å². The molecule has 16 heavy (non-hydrogen) atoms. The van der Waals surface area contributed by atoms with Gasteiger partial charge in [-0.2, -0.15) is 0 Å². The molecule has 6 heteroatoms. The molecule has 3 rings (SSSR count). The van der Waals surface area contributed by atoms with Crippen LogP contribution < -0.4 is 4.74 Å². The highest BCUT2D eigenvalue weighted by Gasteiger charge is 2.27. The van der Waals surface area contributed by atoms with Crippen molar-refractivity contribution in [2.45, 2.75) is 11.9 Å². The molecule has 0 fully saturated rings. The van der Waals surface area contributed by atoms with Gasteiger partial charge in [0.15, 0.2) is 5.82 Å². The molecule has 1 aliphatic heterocycles. The number of rotatable bonds is 2. The van der Waals surface area contributed by atoms with Gasteiger partial charge in [-0.25, -0.2) is 4.68 Å². The van der Waals surface area contributed by atoms with E-state index in [0.717, 1.165) is 11.3 Å². The Balaban J connectivity index is 2.04. The molecule has 5 nitrogen and oxygen atoms in total. The largest absolute Gasteiger partial charge is 0.491 e. The number of ether oxygens (including phenoxy) is 1. The van der Waals surface area contributed by atoms with Crippen LogP contribution in [-0.2, 0) is 5.88 Å². The molecule has 0 N–H and O–H groups in total. The van der Waals surface area contributed by atoms with Gasteiger partial charge in [-0.05, 0) is 16.5 Å². The topological polar surface area (TPSA) is 52.8 Å². The minimum Gasteiger partial charge on any atom is -0.491 e. The van der Waals surface area contributed by atoms with Crippen molar-refractivity contribution in [3.63, 3.8) is 0 Å². The maximum absolute atomic E-state index is 5.77. The SMILES string of the molecule is ClCc1nnnn1C1COc2ccccc21. The lowest BCUT2D eigenvalue weighted by molar-refractivity contribution is 0.303. The minimum absolute atomic E-state index is 0.0277. The van der Waals surface area contributed by atoms with E-state index in [0.29, 0.717) is 18.3 Å². The smallest absolute Gasteiger partial charge is 0.166 e. The van der Waals surface area contributed by atoms with E-state index in [9.17, 15) is 0 Å². The van der Waals surface area contributed by atoms with Crippen LogP contribution in [0.15, 0.2) is 24.3 Å². The van der Waals surface area contributed by atoms with Crippen molar-refractivity contribution in [3.05, 3.63) is 35.7 Å². The van der Waals surface area contributed by atoms with Crippen LogP contribution in [0, 0.1) is 0 Å². The van der Waals surface area contributed by atoms with Crippen LogP contribution in [-0.4, -0.2) is 26.8 Å². The van der Waals surface area contributed by atoms with Gasteiger partial charge < -0.3 is 4.74 Å². The summed E-state index contributed by atoms with van der Waals surface area (Å²) in [5, 5.41) is 11.5. The molecule has 1 atom stereocenters. The third-order valence-electron chi connectivity index (χ3n) is 2.65. The Morgan fingerprint density at radius 1 is 1.44 bits per heavy atom. The first-order valence-electron chi connectivity index (χ1n) is 4.94. The Labute approximate surface area is 97.0 Å².